The van der Waals surface area contributed by atoms with Crippen molar-refractivity contribution in [2.45, 2.75) is 19.0 Å². The van der Waals surface area contributed by atoms with E-state index in [2.05, 4.69) is 4.90 Å². The number of ketones is 1. The fourth-order valence-electron chi connectivity index (χ4n) is 2.94. The highest BCUT2D eigenvalue weighted by atomic mass is 19.4. The minimum absolute atomic E-state index is 0.0153. The molecule has 0 aliphatic carbocycles. The second-order valence-corrected chi connectivity index (χ2v) is 6.26. The zero-order valence-electron chi connectivity index (χ0n) is 14.3. The third-order valence-corrected chi connectivity index (χ3v) is 4.49. The van der Waals surface area contributed by atoms with Crippen LogP contribution in [-0.2, 0) is 17.3 Å². The zero-order valence-corrected chi connectivity index (χ0v) is 14.3. The summed E-state index contributed by atoms with van der Waals surface area (Å²) < 4.78 is 43.0. The maximum atomic E-state index is 12.6. The Bertz CT molecular complexity index is 733. The van der Waals surface area contributed by atoms with Gasteiger partial charge < -0.3 is 9.64 Å². The van der Waals surface area contributed by atoms with E-state index < -0.39 is 11.7 Å². The Morgan fingerprint density at radius 2 is 1.58 bits per heavy atom. The first-order chi connectivity index (χ1) is 12.4. The Morgan fingerprint density at radius 3 is 2.15 bits per heavy atom. The van der Waals surface area contributed by atoms with Crippen molar-refractivity contribution in [2.75, 3.05) is 31.2 Å². The predicted octanol–water partition coefficient (Wildman–Crippen LogP) is 4.36. The molecule has 0 amide bonds. The highest BCUT2D eigenvalue weighted by Crippen LogP contribution is 2.29. The number of ether oxygens (including phenoxy) is 1. The fraction of sp³-hybridized carbons (Fsp3) is 0.350. The molecule has 3 rings (SSSR count). The van der Waals surface area contributed by atoms with E-state index in [1.807, 2.05) is 12.1 Å². The van der Waals surface area contributed by atoms with Crippen molar-refractivity contribution in [1.29, 1.82) is 0 Å². The maximum Gasteiger partial charge on any atom is 0.416 e. The molecule has 6 heteroatoms. The van der Waals surface area contributed by atoms with E-state index in [1.54, 1.807) is 12.1 Å². The molecule has 0 N–H and O–H groups in total. The molecule has 2 aromatic carbocycles. The van der Waals surface area contributed by atoms with E-state index in [1.165, 1.54) is 12.1 Å². The molecular formula is C20H20F3NO2. The Morgan fingerprint density at radius 1 is 0.962 bits per heavy atom. The maximum absolute atomic E-state index is 12.6. The van der Waals surface area contributed by atoms with Crippen molar-refractivity contribution in [3.8, 4) is 0 Å². The van der Waals surface area contributed by atoms with Gasteiger partial charge in [0, 0.05) is 30.8 Å². The molecule has 0 bridgehead atoms. The molecule has 2 aromatic rings. The van der Waals surface area contributed by atoms with Crippen LogP contribution in [0.15, 0.2) is 48.5 Å². The molecular weight excluding hydrogens is 343 g/mol. The van der Waals surface area contributed by atoms with Crippen LogP contribution >= 0.6 is 0 Å². The van der Waals surface area contributed by atoms with Gasteiger partial charge in [0.05, 0.1) is 18.8 Å². The second kappa shape index (κ2) is 7.91. The number of aryl methyl sites for hydroxylation is 1. The first-order valence-corrected chi connectivity index (χ1v) is 8.55. The summed E-state index contributed by atoms with van der Waals surface area (Å²) in [4.78, 5) is 14.5. The summed E-state index contributed by atoms with van der Waals surface area (Å²) in [7, 11) is 0. The summed E-state index contributed by atoms with van der Waals surface area (Å²) in [6, 6.07) is 12.4. The lowest BCUT2D eigenvalue weighted by Gasteiger charge is -2.28. The average Bonchev–Trinajstić information content (AvgIpc) is 2.66. The molecule has 1 aliphatic heterocycles. The lowest BCUT2D eigenvalue weighted by Crippen LogP contribution is -2.36. The van der Waals surface area contributed by atoms with Crippen LogP contribution in [0.1, 0.15) is 27.9 Å². The van der Waals surface area contributed by atoms with E-state index in [0.717, 1.165) is 36.5 Å². The largest absolute Gasteiger partial charge is 0.416 e. The van der Waals surface area contributed by atoms with Crippen molar-refractivity contribution in [2.24, 2.45) is 0 Å². The van der Waals surface area contributed by atoms with E-state index in [4.69, 9.17) is 4.74 Å². The number of morpholine rings is 1. The quantitative estimate of drug-likeness (QED) is 0.740. The van der Waals surface area contributed by atoms with E-state index in [0.29, 0.717) is 25.2 Å². The van der Waals surface area contributed by atoms with Crippen LogP contribution < -0.4 is 4.90 Å². The number of alkyl halides is 3. The van der Waals surface area contributed by atoms with Gasteiger partial charge in [-0.1, -0.05) is 12.1 Å². The van der Waals surface area contributed by atoms with Gasteiger partial charge in [0.2, 0.25) is 0 Å². The van der Waals surface area contributed by atoms with Crippen LogP contribution in [-0.4, -0.2) is 32.1 Å². The van der Waals surface area contributed by atoms with Crippen molar-refractivity contribution in [3.63, 3.8) is 0 Å². The van der Waals surface area contributed by atoms with E-state index in [9.17, 15) is 18.0 Å². The lowest BCUT2D eigenvalue weighted by molar-refractivity contribution is -0.137. The third-order valence-electron chi connectivity index (χ3n) is 4.49. The van der Waals surface area contributed by atoms with Gasteiger partial charge in [0.1, 0.15) is 0 Å². The van der Waals surface area contributed by atoms with Crippen molar-refractivity contribution >= 4 is 11.5 Å². The number of nitrogens with zero attached hydrogens (tertiary/aromatic N) is 1. The Hall–Kier alpha value is -2.34. The van der Waals surface area contributed by atoms with E-state index in [-0.39, 0.29) is 12.2 Å². The minimum atomic E-state index is -4.34. The number of anilines is 1. The summed E-state index contributed by atoms with van der Waals surface area (Å²) in [5.74, 6) is -0.0153. The van der Waals surface area contributed by atoms with Gasteiger partial charge in [0.25, 0.3) is 0 Å². The second-order valence-electron chi connectivity index (χ2n) is 6.26. The molecule has 1 saturated heterocycles. The standard InChI is InChI=1S/C20H20F3NO2/c21-20(22,23)17-6-1-15(2-7-17)3-10-19(25)16-4-8-18(9-5-16)24-11-13-26-14-12-24/h1-2,4-9H,3,10-14H2. The number of carbonyl (C=O) groups excluding carboxylic acids is 1. The summed E-state index contributed by atoms with van der Waals surface area (Å²) in [6.07, 6.45) is -3.65. The van der Waals surface area contributed by atoms with Crippen LogP contribution in [0.5, 0.6) is 0 Å². The number of hydrogen-bond acceptors (Lipinski definition) is 3. The van der Waals surface area contributed by atoms with Crippen molar-refractivity contribution in [1.82, 2.24) is 0 Å². The molecule has 0 aromatic heterocycles. The molecule has 26 heavy (non-hydrogen) atoms. The van der Waals surface area contributed by atoms with Crippen LogP contribution in [0.3, 0.4) is 0 Å². The van der Waals surface area contributed by atoms with Gasteiger partial charge in [-0.3, -0.25) is 4.79 Å². The van der Waals surface area contributed by atoms with Crippen molar-refractivity contribution in [3.05, 3.63) is 65.2 Å². The SMILES string of the molecule is O=C(CCc1ccc(C(F)(F)F)cc1)c1ccc(N2CCOCC2)cc1. The number of benzene rings is 2. The van der Waals surface area contributed by atoms with Crippen LogP contribution in [0.2, 0.25) is 0 Å². The Labute approximate surface area is 150 Å². The summed E-state index contributed by atoms with van der Waals surface area (Å²) in [5.41, 5.74) is 1.73. The van der Waals surface area contributed by atoms with Gasteiger partial charge in [-0.15, -0.1) is 0 Å². The Balaban J connectivity index is 1.56. The highest BCUT2D eigenvalue weighted by molar-refractivity contribution is 5.96. The zero-order chi connectivity index (χ0) is 18.6. The van der Waals surface area contributed by atoms with Crippen LogP contribution in [0.4, 0.5) is 18.9 Å². The van der Waals surface area contributed by atoms with Gasteiger partial charge in [0.15, 0.2) is 5.78 Å². The number of hydrogen-bond donors (Lipinski definition) is 0. The molecule has 1 fully saturated rings. The lowest BCUT2D eigenvalue weighted by atomic mass is 10.0. The summed E-state index contributed by atoms with van der Waals surface area (Å²) >= 11 is 0. The monoisotopic (exact) mass is 363 g/mol. The van der Waals surface area contributed by atoms with Gasteiger partial charge in [-0.25, -0.2) is 0 Å². The van der Waals surface area contributed by atoms with Gasteiger partial charge >= 0.3 is 6.18 Å². The average molecular weight is 363 g/mol. The first kappa shape index (κ1) is 18.5. The normalized spacial score (nSPS) is 15.1. The molecule has 0 saturated carbocycles. The van der Waals surface area contributed by atoms with Crippen LogP contribution in [0.25, 0.3) is 0 Å². The first-order valence-electron chi connectivity index (χ1n) is 8.55. The molecule has 138 valence electrons. The van der Waals surface area contributed by atoms with Gasteiger partial charge in [-0.2, -0.15) is 13.2 Å². The Kier molecular flexibility index (Phi) is 5.61. The van der Waals surface area contributed by atoms with E-state index >= 15 is 0 Å². The number of carbonyl (C=O) groups is 1. The van der Waals surface area contributed by atoms with Crippen molar-refractivity contribution < 1.29 is 22.7 Å². The third kappa shape index (κ3) is 4.64. The van der Waals surface area contributed by atoms with Crippen LogP contribution in [0, 0.1) is 0 Å². The molecule has 0 radical (unpaired) electrons. The number of halogens is 3. The molecule has 0 spiro atoms. The molecule has 0 atom stereocenters. The highest BCUT2D eigenvalue weighted by Gasteiger charge is 2.29. The molecule has 1 heterocycles. The number of rotatable bonds is 5. The summed E-state index contributed by atoms with van der Waals surface area (Å²) in [5, 5.41) is 0. The predicted molar refractivity (Wildman–Crippen MR) is 93.6 cm³/mol. The minimum Gasteiger partial charge on any atom is -0.378 e. The molecule has 0 unspecified atom stereocenters. The smallest absolute Gasteiger partial charge is 0.378 e. The fourth-order valence-corrected chi connectivity index (χ4v) is 2.94. The van der Waals surface area contributed by atoms with Gasteiger partial charge in [-0.05, 0) is 48.4 Å². The summed E-state index contributed by atoms with van der Waals surface area (Å²) in [6.45, 7) is 3.07. The number of Topliss-reactive ketones (excluding diaryl/α,β-unsaturated/α-hetero) is 1. The molecule has 1 aliphatic rings. The molecule has 3 nitrogen and oxygen atoms in total. The topological polar surface area (TPSA) is 29.5 Å².